The van der Waals surface area contributed by atoms with Gasteiger partial charge in [-0.15, -0.1) is 11.3 Å². The molecule has 0 unspecified atom stereocenters. The number of halogens is 1. The molecule has 0 N–H and O–H groups in total. The average Bonchev–Trinajstić information content (AvgIpc) is 2.70. The van der Waals surface area contributed by atoms with Crippen LogP contribution in [0.1, 0.15) is 4.88 Å². The van der Waals surface area contributed by atoms with Crippen molar-refractivity contribution in [2.45, 2.75) is 6.42 Å². The first-order valence-corrected chi connectivity index (χ1v) is 5.60. The predicted molar refractivity (Wildman–Crippen MR) is 60.1 cm³/mol. The third-order valence-electron chi connectivity index (χ3n) is 1.93. The van der Waals surface area contributed by atoms with Crippen molar-refractivity contribution in [1.29, 1.82) is 0 Å². The summed E-state index contributed by atoms with van der Waals surface area (Å²) in [5.74, 6) is -0.559. The first kappa shape index (κ1) is 10.8. The Morgan fingerprint density at radius 1 is 1.31 bits per heavy atom. The second kappa shape index (κ2) is 4.90. The summed E-state index contributed by atoms with van der Waals surface area (Å²) in [5, 5.41) is 1.89. The van der Waals surface area contributed by atoms with Crippen molar-refractivity contribution in [3.8, 4) is 5.75 Å². The van der Waals surface area contributed by atoms with Gasteiger partial charge in [0, 0.05) is 10.9 Å². The van der Waals surface area contributed by atoms with Gasteiger partial charge >= 0.3 is 5.97 Å². The smallest absolute Gasteiger partial charge is 0.316 e. The third-order valence-corrected chi connectivity index (χ3v) is 2.80. The molecule has 82 valence electrons. The normalized spacial score (nSPS) is 10.1. The number of hydrogen-bond acceptors (Lipinski definition) is 3. The molecule has 0 saturated heterocycles. The zero-order valence-electron chi connectivity index (χ0n) is 8.35. The molecule has 2 aromatic rings. The van der Waals surface area contributed by atoms with Crippen molar-refractivity contribution in [3.63, 3.8) is 0 Å². The van der Waals surface area contributed by atoms with E-state index in [1.165, 1.54) is 29.5 Å². The van der Waals surface area contributed by atoms with Crippen molar-refractivity contribution in [3.05, 3.63) is 52.5 Å². The van der Waals surface area contributed by atoms with Gasteiger partial charge in [-0.2, -0.15) is 0 Å². The van der Waals surface area contributed by atoms with Crippen LogP contribution in [0.3, 0.4) is 0 Å². The number of esters is 1. The van der Waals surface area contributed by atoms with Gasteiger partial charge in [-0.25, -0.2) is 4.39 Å². The molecule has 0 aliphatic carbocycles. The van der Waals surface area contributed by atoms with E-state index in [4.69, 9.17) is 4.74 Å². The molecule has 4 heteroatoms. The summed E-state index contributed by atoms with van der Waals surface area (Å²) in [5.41, 5.74) is 0. The zero-order chi connectivity index (χ0) is 11.4. The number of hydrogen-bond donors (Lipinski definition) is 0. The van der Waals surface area contributed by atoms with Gasteiger partial charge in [-0.3, -0.25) is 4.79 Å². The van der Waals surface area contributed by atoms with E-state index in [2.05, 4.69) is 0 Å². The van der Waals surface area contributed by atoms with Crippen LogP contribution in [-0.2, 0) is 11.2 Å². The first-order valence-electron chi connectivity index (χ1n) is 4.72. The summed E-state index contributed by atoms with van der Waals surface area (Å²) in [6, 6.07) is 9.27. The van der Waals surface area contributed by atoms with Crippen LogP contribution in [0.4, 0.5) is 4.39 Å². The number of carbonyl (C=O) groups excluding carboxylic acids is 1. The summed E-state index contributed by atoms with van der Waals surface area (Å²) >= 11 is 1.49. The van der Waals surface area contributed by atoms with Crippen LogP contribution >= 0.6 is 11.3 Å². The molecule has 0 bridgehead atoms. The lowest BCUT2D eigenvalue weighted by Gasteiger charge is -2.02. The quantitative estimate of drug-likeness (QED) is 0.605. The van der Waals surface area contributed by atoms with E-state index in [-0.39, 0.29) is 18.1 Å². The molecular weight excluding hydrogens is 227 g/mol. The minimum Gasteiger partial charge on any atom is -0.426 e. The van der Waals surface area contributed by atoms with Gasteiger partial charge in [-0.05, 0) is 23.6 Å². The van der Waals surface area contributed by atoms with Crippen LogP contribution in [0.25, 0.3) is 0 Å². The van der Waals surface area contributed by atoms with E-state index in [0.717, 1.165) is 4.88 Å². The molecule has 16 heavy (non-hydrogen) atoms. The minimum absolute atomic E-state index is 0.216. The highest BCUT2D eigenvalue weighted by atomic mass is 32.1. The van der Waals surface area contributed by atoms with E-state index in [1.54, 1.807) is 6.07 Å². The van der Waals surface area contributed by atoms with Crippen LogP contribution in [0.5, 0.6) is 5.75 Å². The van der Waals surface area contributed by atoms with Crippen molar-refractivity contribution < 1.29 is 13.9 Å². The minimum atomic E-state index is -0.415. The van der Waals surface area contributed by atoms with Crippen LogP contribution in [0, 0.1) is 5.82 Å². The lowest BCUT2D eigenvalue weighted by atomic mass is 10.3. The highest BCUT2D eigenvalue weighted by Crippen LogP contribution is 2.14. The maximum Gasteiger partial charge on any atom is 0.316 e. The van der Waals surface area contributed by atoms with Crippen molar-refractivity contribution in [1.82, 2.24) is 0 Å². The van der Waals surface area contributed by atoms with E-state index < -0.39 is 5.82 Å². The number of thiophene rings is 1. The lowest BCUT2D eigenvalue weighted by Crippen LogP contribution is -2.10. The third kappa shape index (κ3) is 2.90. The zero-order valence-corrected chi connectivity index (χ0v) is 9.17. The molecule has 2 rings (SSSR count). The van der Waals surface area contributed by atoms with Crippen molar-refractivity contribution in [2.75, 3.05) is 0 Å². The molecule has 0 aliphatic heterocycles. The van der Waals surface area contributed by atoms with Crippen molar-refractivity contribution >= 4 is 17.3 Å². The number of ether oxygens (including phenoxy) is 1. The summed E-state index contributed by atoms with van der Waals surface area (Å²) in [6.45, 7) is 0. The maximum atomic E-state index is 12.8. The molecule has 0 fully saturated rings. The van der Waals surface area contributed by atoms with Gasteiger partial charge in [-0.1, -0.05) is 12.1 Å². The highest BCUT2D eigenvalue weighted by molar-refractivity contribution is 7.10. The van der Waals surface area contributed by atoms with E-state index in [0.29, 0.717) is 0 Å². The van der Waals surface area contributed by atoms with Crippen LogP contribution < -0.4 is 4.74 Å². The highest BCUT2D eigenvalue weighted by Gasteiger charge is 2.07. The molecule has 1 heterocycles. The fraction of sp³-hybridized carbons (Fsp3) is 0.0833. The summed E-state index contributed by atoms with van der Waals surface area (Å²) in [7, 11) is 0. The van der Waals surface area contributed by atoms with E-state index in [9.17, 15) is 9.18 Å². The second-order valence-corrected chi connectivity index (χ2v) is 4.22. The molecule has 0 aliphatic rings. The number of benzene rings is 1. The van der Waals surface area contributed by atoms with Gasteiger partial charge in [0.1, 0.15) is 11.6 Å². The Morgan fingerprint density at radius 2 is 2.19 bits per heavy atom. The molecule has 1 aromatic carbocycles. The fourth-order valence-corrected chi connectivity index (χ4v) is 1.94. The van der Waals surface area contributed by atoms with Gasteiger partial charge in [0.15, 0.2) is 0 Å². The summed E-state index contributed by atoms with van der Waals surface area (Å²) in [4.78, 5) is 12.4. The maximum absolute atomic E-state index is 12.8. The Hall–Kier alpha value is -1.68. The number of carbonyl (C=O) groups is 1. The van der Waals surface area contributed by atoms with Crippen LogP contribution in [0.15, 0.2) is 41.8 Å². The Balaban J connectivity index is 1.97. The summed E-state index contributed by atoms with van der Waals surface area (Å²) in [6.07, 6.45) is 0.216. The molecule has 0 atom stereocenters. The Bertz CT molecular complexity index is 480. The second-order valence-electron chi connectivity index (χ2n) is 3.19. The SMILES string of the molecule is O=C(Cc1cccs1)Oc1cccc(F)c1. The Kier molecular flexibility index (Phi) is 3.31. The molecule has 0 saturated carbocycles. The van der Waals surface area contributed by atoms with Gasteiger partial charge in [0.25, 0.3) is 0 Å². The monoisotopic (exact) mass is 236 g/mol. The van der Waals surface area contributed by atoms with Gasteiger partial charge in [0.2, 0.25) is 0 Å². The molecule has 0 spiro atoms. The molecular formula is C12H9FO2S. The number of rotatable bonds is 3. The van der Waals surface area contributed by atoms with Crippen molar-refractivity contribution in [2.24, 2.45) is 0 Å². The van der Waals surface area contributed by atoms with E-state index in [1.807, 2.05) is 17.5 Å². The molecule has 0 amide bonds. The standard InChI is InChI=1S/C12H9FO2S/c13-9-3-1-4-10(7-9)15-12(14)8-11-5-2-6-16-11/h1-7H,8H2. The Morgan fingerprint density at radius 3 is 2.88 bits per heavy atom. The molecule has 2 nitrogen and oxygen atoms in total. The van der Waals surface area contributed by atoms with Crippen LogP contribution in [0.2, 0.25) is 0 Å². The van der Waals surface area contributed by atoms with Gasteiger partial charge in [0.05, 0.1) is 6.42 Å². The largest absolute Gasteiger partial charge is 0.426 e. The fourth-order valence-electron chi connectivity index (χ4n) is 1.25. The molecule has 1 aromatic heterocycles. The Labute approximate surface area is 96.3 Å². The molecule has 0 radical (unpaired) electrons. The summed E-state index contributed by atoms with van der Waals surface area (Å²) < 4.78 is 17.8. The first-order chi connectivity index (χ1) is 7.74. The lowest BCUT2D eigenvalue weighted by molar-refractivity contribution is -0.133. The van der Waals surface area contributed by atoms with Crippen LogP contribution in [-0.4, -0.2) is 5.97 Å². The topological polar surface area (TPSA) is 26.3 Å². The van der Waals surface area contributed by atoms with E-state index >= 15 is 0 Å². The predicted octanol–water partition coefficient (Wildman–Crippen LogP) is 3.04. The van der Waals surface area contributed by atoms with Gasteiger partial charge < -0.3 is 4.74 Å². The average molecular weight is 236 g/mol.